The van der Waals surface area contributed by atoms with Crippen LogP contribution in [0.4, 0.5) is 5.69 Å². The van der Waals surface area contributed by atoms with Crippen LogP contribution in [-0.4, -0.2) is 49.0 Å². The van der Waals surface area contributed by atoms with Crippen LogP contribution >= 0.6 is 0 Å². The summed E-state index contributed by atoms with van der Waals surface area (Å²) in [6, 6.07) is 7.38. The molecule has 1 heterocycles. The fourth-order valence-corrected chi connectivity index (χ4v) is 2.69. The van der Waals surface area contributed by atoms with Crippen LogP contribution in [0.25, 0.3) is 0 Å². The fourth-order valence-electron chi connectivity index (χ4n) is 2.69. The van der Waals surface area contributed by atoms with Crippen LogP contribution in [0.3, 0.4) is 0 Å². The maximum absolute atomic E-state index is 12.2. The number of carbonyl (C=O) groups excluding carboxylic acids is 2. The number of amides is 2. The Balaban J connectivity index is 1.53. The first-order chi connectivity index (χ1) is 11.1. The molecular formula is C17H23N3O3. The Morgan fingerprint density at radius 3 is 2.96 bits per heavy atom. The second kappa shape index (κ2) is 7.00. The van der Waals surface area contributed by atoms with Crippen molar-refractivity contribution in [3.05, 3.63) is 24.3 Å². The zero-order valence-electron chi connectivity index (χ0n) is 13.4. The molecule has 1 aromatic rings. The van der Waals surface area contributed by atoms with Gasteiger partial charge in [0.2, 0.25) is 5.91 Å². The van der Waals surface area contributed by atoms with Crippen LogP contribution in [0.15, 0.2) is 24.3 Å². The van der Waals surface area contributed by atoms with Gasteiger partial charge in [0.15, 0.2) is 6.61 Å². The molecule has 0 aromatic heterocycles. The minimum absolute atomic E-state index is 0.00795. The summed E-state index contributed by atoms with van der Waals surface area (Å²) in [7, 11) is 0. The maximum atomic E-state index is 12.2. The van der Waals surface area contributed by atoms with Crippen LogP contribution in [0.2, 0.25) is 0 Å². The summed E-state index contributed by atoms with van der Waals surface area (Å²) in [4.78, 5) is 25.9. The maximum Gasteiger partial charge on any atom is 0.260 e. The van der Waals surface area contributed by atoms with Crippen LogP contribution in [-0.2, 0) is 9.59 Å². The average molecular weight is 317 g/mol. The largest absolute Gasteiger partial charge is 0.484 e. The van der Waals surface area contributed by atoms with Crippen molar-refractivity contribution >= 4 is 17.5 Å². The SMILES string of the molecule is C[C@@H]1CNCCN1C(=O)COc1cccc(NC(=O)C2CC2)c1. The van der Waals surface area contributed by atoms with Crippen molar-refractivity contribution in [1.29, 1.82) is 0 Å². The van der Waals surface area contributed by atoms with Crippen LogP contribution in [0, 0.1) is 5.92 Å². The molecule has 0 spiro atoms. The topological polar surface area (TPSA) is 70.7 Å². The average Bonchev–Trinajstić information content (AvgIpc) is 3.38. The smallest absolute Gasteiger partial charge is 0.260 e. The number of ether oxygens (including phenoxy) is 1. The van der Waals surface area contributed by atoms with E-state index in [0.717, 1.165) is 25.9 Å². The summed E-state index contributed by atoms with van der Waals surface area (Å²) in [6.45, 7) is 4.39. The monoisotopic (exact) mass is 317 g/mol. The molecule has 2 fully saturated rings. The zero-order chi connectivity index (χ0) is 16.2. The summed E-state index contributed by atoms with van der Waals surface area (Å²) in [5.74, 6) is 0.810. The number of nitrogens with one attached hydrogen (secondary N) is 2. The van der Waals surface area contributed by atoms with E-state index in [1.165, 1.54) is 0 Å². The van der Waals surface area contributed by atoms with Crippen LogP contribution in [0.1, 0.15) is 19.8 Å². The van der Waals surface area contributed by atoms with Crippen molar-refractivity contribution in [3.8, 4) is 5.75 Å². The molecule has 1 atom stereocenters. The van der Waals surface area contributed by atoms with E-state index < -0.39 is 0 Å². The van der Waals surface area contributed by atoms with Crippen molar-refractivity contribution in [2.24, 2.45) is 5.92 Å². The molecule has 1 saturated carbocycles. The Kier molecular flexibility index (Phi) is 4.81. The predicted octanol–water partition coefficient (Wildman–Crippen LogP) is 1.23. The molecule has 6 heteroatoms. The van der Waals surface area contributed by atoms with Gasteiger partial charge < -0.3 is 20.3 Å². The third-order valence-corrected chi connectivity index (χ3v) is 4.23. The quantitative estimate of drug-likeness (QED) is 0.857. The molecule has 6 nitrogen and oxygen atoms in total. The zero-order valence-corrected chi connectivity index (χ0v) is 13.4. The highest BCUT2D eigenvalue weighted by atomic mass is 16.5. The number of rotatable bonds is 5. The van der Waals surface area contributed by atoms with E-state index >= 15 is 0 Å². The fraction of sp³-hybridized carbons (Fsp3) is 0.529. The Morgan fingerprint density at radius 2 is 2.22 bits per heavy atom. The molecule has 1 aliphatic heterocycles. The first kappa shape index (κ1) is 15.8. The lowest BCUT2D eigenvalue weighted by Crippen LogP contribution is -2.53. The summed E-state index contributed by atoms with van der Waals surface area (Å²) < 4.78 is 5.60. The molecule has 0 radical (unpaired) electrons. The molecule has 2 aliphatic rings. The number of nitrogens with zero attached hydrogens (tertiary/aromatic N) is 1. The molecule has 2 amide bonds. The standard InChI is InChI=1S/C17H23N3O3/c1-12-10-18-7-8-20(12)16(21)11-23-15-4-2-3-14(9-15)19-17(22)13-5-6-13/h2-4,9,12-13,18H,5-8,10-11H2,1H3,(H,19,22)/t12-/m1/s1. The molecular weight excluding hydrogens is 294 g/mol. The van der Waals surface area contributed by atoms with E-state index in [1.807, 2.05) is 24.0 Å². The van der Waals surface area contributed by atoms with Crippen LogP contribution < -0.4 is 15.4 Å². The molecule has 0 bridgehead atoms. The highest BCUT2D eigenvalue weighted by molar-refractivity contribution is 5.94. The lowest BCUT2D eigenvalue weighted by molar-refractivity contribution is -0.136. The van der Waals surface area contributed by atoms with Crippen LogP contribution in [0.5, 0.6) is 5.75 Å². The number of benzene rings is 1. The van der Waals surface area contributed by atoms with E-state index in [2.05, 4.69) is 10.6 Å². The van der Waals surface area contributed by atoms with Gasteiger partial charge in [-0.15, -0.1) is 0 Å². The van der Waals surface area contributed by atoms with E-state index in [4.69, 9.17) is 4.74 Å². The van der Waals surface area contributed by atoms with Gasteiger partial charge in [-0.2, -0.15) is 0 Å². The molecule has 124 valence electrons. The first-order valence-corrected chi connectivity index (χ1v) is 8.17. The predicted molar refractivity (Wildman–Crippen MR) is 87.3 cm³/mol. The summed E-state index contributed by atoms with van der Waals surface area (Å²) in [5, 5.41) is 6.14. The molecule has 1 aliphatic carbocycles. The lowest BCUT2D eigenvalue weighted by Gasteiger charge is -2.33. The molecule has 1 aromatic carbocycles. The Hall–Kier alpha value is -2.08. The second-order valence-corrected chi connectivity index (χ2v) is 6.22. The lowest BCUT2D eigenvalue weighted by atomic mass is 10.2. The third kappa shape index (κ3) is 4.22. The third-order valence-electron chi connectivity index (χ3n) is 4.23. The van der Waals surface area contributed by atoms with Gasteiger partial charge >= 0.3 is 0 Å². The number of piperazine rings is 1. The van der Waals surface area contributed by atoms with Crippen molar-refractivity contribution < 1.29 is 14.3 Å². The van der Waals surface area contributed by atoms with Gasteiger partial charge in [-0.1, -0.05) is 6.07 Å². The van der Waals surface area contributed by atoms with Gasteiger partial charge in [0.1, 0.15) is 5.75 Å². The normalized spacial score (nSPS) is 20.9. The van der Waals surface area contributed by atoms with Gasteiger partial charge in [-0.05, 0) is 31.9 Å². The minimum atomic E-state index is -0.00795. The number of anilines is 1. The van der Waals surface area contributed by atoms with Gasteiger partial charge in [-0.3, -0.25) is 9.59 Å². The summed E-state index contributed by atoms with van der Waals surface area (Å²) in [5.41, 5.74) is 0.711. The second-order valence-electron chi connectivity index (χ2n) is 6.22. The number of hydrogen-bond acceptors (Lipinski definition) is 4. The summed E-state index contributed by atoms with van der Waals surface area (Å²) >= 11 is 0. The van der Waals surface area contributed by atoms with Crippen molar-refractivity contribution in [2.75, 3.05) is 31.6 Å². The Labute approximate surface area is 136 Å². The molecule has 1 saturated heterocycles. The van der Waals surface area contributed by atoms with E-state index in [0.29, 0.717) is 18.0 Å². The highest BCUT2D eigenvalue weighted by Crippen LogP contribution is 2.30. The van der Waals surface area contributed by atoms with E-state index in [-0.39, 0.29) is 30.4 Å². The minimum Gasteiger partial charge on any atom is -0.484 e. The van der Waals surface area contributed by atoms with Crippen molar-refractivity contribution in [1.82, 2.24) is 10.2 Å². The Bertz CT molecular complexity index is 586. The van der Waals surface area contributed by atoms with Gasteiger partial charge in [0, 0.05) is 43.3 Å². The van der Waals surface area contributed by atoms with Gasteiger partial charge in [-0.25, -0.2) is 0 Å². The van der Waals surface area contributed by atoms with Gasteiger partial charge in [0.05, 0.1) is 0 Å². The Morgan fingerprint density at radius 1 is 1.39 bits per heavy atom. The van der Waals surface area contributed by atoms with E-state index in [1.54, 1.807) is 12.1 Å². The van der Waals surface area contributed by atoms with E-state index in [9.17, 15) is 9.59 Å². The number of carbonyl (C=O) groups is 2. The molecule has 2 N–H and O–H groups in total. The number of hydrogen-bond donors (Lipinski definition) is 2. The van der Waals surface area contributed by atoms with Gasteiger partial charge in [0.25, 0.3) is 5.91 Å². The summed E-state index contributed by atoms with van der Waals surface area (Å²) in [6.07, 6.45) is 1.94. The highest BCUT2D eigenvalue weighted by Gasteiger charge is 2.29. The van der Waals surface area contributed by atoms with Crippen molar-refractivity contribution in [2.45, 2.75) is 25.8 Å². The molecule has 23 heavy (non-hydrogen) atoms. The first-order valence-electron chi connectivity index (χ1n) is 8.17. The van der Waals surface area contributed by atoms with Crippen molar-refractivity contribution in [3.63, 3.8) is 0 Å². The molecule has 3 rings (SSSR count). The molecule has 0 unspecified atom stereocenters.